The first kappa shape index (κ1) is 39.9. The highest BCUT2D eigenvalue weighted by molar-refractivity contribution is 7.22. The molecule has 4 aliphatic carbocycles. The van der Waals surface area contributed by atoms with Crippen molar-refractivity contribution in [3.63, 3.8) is 0 Å². The lowest BCUT2D eigenvalue weighted by Gasteiger charge is -2.59. The Morgan fingerprint density at radius 3 is 2.46 bits per heavy atom. The number of likely N-dealkylation sites (N-methyl/N-ethyl adjacent to an activating group) is 1. The maximum atomic E-state index is 13.0. The van der Waals surface area contributed by atoms with E-state index < -0.39 is 5.97 Å². The average molecular weight is 820 g/mol. The lowest BCUT2D eigenvalue weighted by molar-refractivity contribution is -0.921. The first-order chi connectivity index (χ1) is 28.1. The van der Waals surface area contributed by atoms with Crippen LogP contribution in [-0.2, 0) is 13.0 Å². The van der Waals surface area contributed by atoms with Crippen molar-refractivity contribution in [3.8, 4) is 11.1 Å². The highest BCUT2D eigenvalue weighted by Gasteiger charge is 2.61. The molecule has 1 aliphatic heterocycles. The van der Waals surface area contributed by atoms with Crippen LogP contribution in [0.1, 0.15) is 105 Å². The molecule has 5 aliphatic rings. The molecule has 4 saturated carbocycles. The number of hydrogen-bond donors (Lipinski definition) is 4. The lowest BCUT2D eigenvalue weighted by Crippen LogP contribution is -2.53. The number of hydrogen-bond acceptors (Lipinski definition) is 11. The number of nitrogens with one attached hydrogen (secondary N) is 1. The number of nitrogens with zero attached hydrogens (tertiary/aromatic N) is 8. The molecular weight excluding hydrogens is 761 g/mol. The smallest absolute Gasteiger partial charge is 0.355 e. The van der Waals surface area contributed by atoms with E-state index in [0.29, 0.717) is 46.1 Å². The minimum absolute atomic E-state index is 0.00964. The Kier molecular flexibility index (Phi) is 9.88. The van der Waals surface area contributed by atoms with Gasteiger partial charge in [-0.1, -0.05) is 37.3 Å². The van der Waals surface area contributed by atoms with Gasteiger partial charge in [0.2, 0.25) is 0 Å². The monoisotopic (exact) mass is 819 g/mol. The molecular formula is C45H59N10O3S+. The van der Waals surface area contributed by atoms with Crippen LogP contribution >= 0.6 is 11.3 Å². The largest absolute Gasteiger partial charge is 0.476 e. The van der Waals surface area contributed by atoms with E-state index in [0.717, 1.165) is 70.1 Å². The highest BCUT2D eigenvalue weighted by atomic mass is 32.1. The van der Waals surface area contributed by atoms with Gasteiger partial charge in [0.15, 0.2) is 22.5 Å². The number of fused-ring (bicyclic) bond motifs is 3. The number of nitrogens with two attached hydrogens (primary N) is 1. The van der Waals surface area contributed by atoms with Crippen LogP contribution in [-0.4, -0.2) is 84.0 Å². The molecule has 13 nitrogen and oxygen atoms in total. The fourth-order valence-corrected chi connectivity index (χ4v) is 13.7. The second kappa shape index (κ2) is 14.6. The molecule has 59 heavy (non-hydrogen) atoms. The van der Waals surface area contributed by atoms with E-state index in [4.69, 9.17) is 20.9 Å². The van der Waals surface area contributed by atoms with Crippen LogP contribution in [0.3, 0.4) is 0 Å². The Balaban J connectivity index is 0.956. The number of pyridine rings is 1. The molecule has 10 rings (SSSR count). The van der Waals surface area contributed by atoms with E-state index in [2.05, 4.69) is 54.0 Å². The van der Waals surface area contributed by atoms with Gasteiger partial charge in [-0.2, -0.15) is 10.9 Å². The molecule has 3 unspecified atom stereocenters. The minimum atomic E-state index is -1.07. The molecule has 3 atom stereocenters. The quantitative estimate of drug-likeness (QED) is 0.0512. The topological polar surface area (TPSA) is 168 Å². The molecule has 14 heteroatoms. The van der Waals surface area contributed by atoms with Gasteiger partial charge in [-0.15, -0.1) is 10.2 Å². The SMILES string of the molecule is Cc1c(Nc2nc3ccccc3s2)nnc2c1CCCN2c1ccc(-c2cnn(CC34CCC5(CCC[N+](C)(N)CCO)CC(C)(CC(C)(C5)C3)C4)c2C)c(C(=O)O)n1. The summed E-state index contributed by atoms with van der Waals surface area (Å²) in [6, 6.07) is 11.9. The lowest BCUT2D eigenvalue weighted by atomic mass is 9.46. The fourth-order valence-electron chi connectivity index (χ4n) is 12.8. The first-order valence-corrected chi connectivity index (χ1v) is 22.2. The van der Waals surface area contributed by atoms with Crippen molar-refractivity contribution in [1.29, 1.82) is 0 Å². The second-order valence-electron chi connectivity index (χ2n) is 19.8. The average Bonchev–Trinajstić information content (AvgIpc) is 3.71. The zero-order valence-corrected chi connectivity index (χ0v) is 36.0. The van der Waals surface area contributed by atoms with Crippen LogP contribution in [0.15, 0.2) is 42.6 Å². The second-order valence-corrected chi connectivity index (χ2v) is 20.8. The van der Waals surface area contributed by atoms with Gasteiger partial charge in [0.1, 0.15) is 12.4 Å². The maximum absolute atomic E-state index is 13.0. The van der Waals surface area contributed by atoms with E-state index in [-0.39, 0.29) is 28.5 Å². The number of aliphatic hydroxyl groups is 1. The van der Waals surface area contributed by atoms with Crippen molar-refractivity contribution in [2.45, 2.75) is 105 Å². The van der Waals surface area contributed by atoms with Gasteiger partial charge in [0.05, 0.1) is 36.6 Å². The molecule has 4 fully saturated rings. The van der Waals surface area contributed by atoms with E-state index >= 15 is 0 Å². The predicted molar refractivity (Wildman–Crippen MR) is 232 cm³/mol. The van der Waals surface area contributed by atoms with Crippen LogP contribution < -0.4 is 16.1 Å². The molecule has 1 aromatic carbocycles. The molecule has 5 heterocycles. The molecule has 5 N–H and O–H groups in total. The van der Waals surface area contributed by atoms with E-state index in [1.807, 2.05) is 48.5 Å². The van der Waals surface area contributed by atoms with E-state index in [1.165, 1.54) is 51.4 Å². The number of carboxylic acids is 1. The summed E-state index contributed by atoms with van der Waals surface area (Å²) in [5.74, 6) is 7.34. The Hall–Kier alpha value is -4.50. The molecule has 0 amide bonds. The number of carboxylic acid groups (broad SMARTS) is 1. The van der Waals surface area contributed by atoms with Crippen LogP contribution in [0.5, 0.6) is 0 Å². The zero-order chi connectivity index (χ0) is 41.4. The molecule has 0 radical (unpaired) electrons. The summed E-state index contributed by atoms with van der Waals surface area (Å²) in [6.45, 7) is 12.3. The summed E-state index contributed by atoms with van der Waals surface area (Å²) in [7, 11) is 2.02. The fraction of sp³-hybridized carbons (Fsp3) is 0.556. The zero-order valence-electron chi connectivity index (χ0n) is 35.2. The normalized spacial score (nSPS) is 27.1. The van der Waals surface area contributed by atoms with Gasteiger partial charge in [-0.05, 0) is 130 Å². The number of para-hydroxylation sites is 1. The van der Waals surface area contributed by atoms with Gasteiger partial charge in [0, 0.05) is 41.0 Å². The molecule has 4 bridgehead atoms. The van der Waals surface area contributed by atoms with E-state index in [1.54, 1.807) is 11.3 Å². The van der Waals surface area contributed by atoms with Crippen LogP contribution in [0.4, 0.5) is 22.6 Å². The van der Waals surface area contributed by atoms with Crippen LogP contribution in [0.2, 0.25) is 0 Å². The summed E-state index contributed by atoms with van der Waals surface area (Å²) < 4.78 is 3.63. The number of quaternary nitrogens is 1. The Morgan fingerprint density at radius 2 is 1.71 bits per heavy atom. The Morgan fingerprint density at radius 1 is 0.966 bits per heavy atom. The number of rotatable bonds is 13. The van der Waals surface area contributed by atoms with Crippen molar-refractivity contribution in [3.05, 3.63) is 65.1 Å². The highest BCUT2D eigenvalue weighted by Crippen LogP contribution is 2.71. The van der Waals surface area contributed by atoms with Gasteiger partial charge >= 0.3 is 5.97 Å². The summed E-state index contributed by atoms with van der Waals surface area (Å²) in [5, 5.41) is 38.5. The third kappa shape index (κ3) is 7.51. The van der Waals surface area contributed by atoms with Gasteiger partial charge in [-0.3, -0.25) is 4.68 Å². The van der Waals surface area contributed by atoms with Crippen molar-refractivity contribution in [2.24, 2.45) is 27.5 Å². The number of carbonyl (C=O) groups is 1. The predicted octanol–water partition coefficient (Wildman–Crippen LogP) is 8.34. The Labute approximate surface area is 350 Å². The first-order valence-electron chi connectivity index (χ1n) is 21.4. The van der Waals surface area contributed by atoms with Crippen molar-refractivity contribution < 1.29 is 19.6 Å². The summed E-state index contributed by atoms with van der Waals surface area (Å²) in [5.41, 5.74) is 6.38. The summed E-state index contributed by atoms with van der Waals surface area (Å²) >= 11 is 1.58. The minimum Gasteiger partial charge on any atom is -0.476 e. The Bertz CT molecular complexity index is 2370. The van der Waals surface area contributed by atoms with Crippen LogP contribution in [0.25, 0.3) is 21.3 Å². The van der Waals surface area contributed by atoms with Crippen molar-refractivity contribution in [2.75, 3.05) is 43.5 Å². The third-order valence-electron chi connectivity index (χ3n) is 14.4. The number of anilines is 4. The number of aromatic nitrogens is 6. The third-order valence-corrected chi connectivity index (χ3v) is 15.3. The molecule has 312 valence electrons. The number of thiazole rings is 1. The summed E-state index contributed by atoms with van der Waals surface area (Å²) in [4.78, 5) is 24.5. The molecule has 4 aromatic heterocycles. The van der Waals surface area contributed by atoms with Crippen molar-refractivity contribution in [1.82, 2.24) is 29.9 Å². The number of aromatic carboxylic acids is 1. The molecule has 5 aromatic rings. The van der Waals surface area contributed by atoms with Crippen molar-refractivity contribution >= 4 is 50.1 Å². The standard InChI is InChI=1S/C45H58N10O3S/c1-29-31-10-8-18-53(39(31)52-51-38(29)50-41-48-34-11-6-7-12-35(34)59-41)36-14-13-32(37(49-36)40(57)58)33-22-47-54(30(33)2)28-45-17-16-44(15-9-19-55(5,46)20-21-56)24-42(3,26-45)23-43(4,25-44)27-45/h6-7,11-14,22,56H,8-10,15-21,23-28,46H2,1-5H3,(H-,48,50,51,57,58)/p+1. The van der Waals surface area contributed by atoms with Gasteiger partial charge < -0.3 is 20.4 Å². The number of aliphatic hydroxyl groups excluding tert-OH is 1. The molecule has 0 saturated heterocycles. The number of benzene rings is 1. The van der Waals surface area contributed by atoms with Gasteiger partial charge in [0.25, 0.3) is 0 Å². The summed E-state index contributed by atoms with van der Waals surface area (Å²) in [6.07, 6.45) is 14.4. The maximum Gasteiger partial charge on any atom is 0.355 e. The molecule has 0 spiro atoms. The van der Waals surface area contributed by atoms with Gasteiger partial charge in [-0.25, -0.2) is 19.4 Å². The van der Waals surface area contributed by atoms with E-state index in [9.17, 15) is 15.0 Å². The van der Waals surface area contributed by atoms with Crippen LogP contribution in [0, 0.1) is 35.5 Å².